The summed E-state index contributed by atoms with van der Waals surface area (Å²) in [4.78, 5) is 18.1. The van der Waals surface area contributed by atoms with Gasteiger partial charge in [-0.05, 0) is 20.3 Å². The molecule has 0 aliphatic carbocycles. The number of hydrogen-bond acceptors (Lipinski definition) is 4. The van der Waals surface area contributed by atoms with E-state index in [1.54, 1.807) is 17.4 Å². The van der Waals surface area contributed by atoms with Crippen LogP contribution in [-0.4, -0.2) is 30.0 Å². The highest BCUT2D eigenvalue weighted by atomic mass is 32.1. The first-order chi connectivity index (χ1) is 8.15. The molecule has 1 amide bonds. The van der Waals surface area contributed by atoms with Crippen molar-refractivity contribution in [3.05, 3.63) is 23.2 Å². The molecule has 1 aromatic rings. The standard InChI is InChI=1S/C12H17N3OS/c1-9(2)7-11(16)14-10-3-5-15(8-10)12-13-4-6-17-12/h4,6-7,10H,3,5,8H2,1-2H3,(H,14,16). The second kappa shape index (κ2) is 5.31. The summed E-state index contributed by atoms with van der Waals surface area (Å²) in [6, 6.07) is 0.238. The summed E-state index contributed by atoms with van der Waals surface area (Å²) in [7, 11) is 0. The molecule has 1 fully saturated rings. The van der Waals surface area contributed by atoms with Crippen molar-refractivity contribution in [3.63, 3.8) is 0 Å². The maximum Gasteiger partial charge on any atom is 0.244 e. The highest BCUT2D eigenvalue weighted by Crippen LogP contribution is 2.22. The smallest absolute Gasteiger partial charge is 0.244 e. The molecule has 2 heterocycles. The van der Waals surface area contributed by atoms with Crippen molar-refractivity contribution in [2.45, 2.75) is 26.3 Å². The number of carbonyl (C=O) groups excluding carboxylic acids is 1. The fourth-order valence-electron chi connectivity index (χ4n) is 1.93. The van der Waals surface area contributed by atoms with E-state index in [0.29, 0.717) is 0 Å². The number of aromatic nitrogens is 1. The van der Waals surface area contributed by atoms with E-state index in [1.807, 2.05) is 25.4 Å². The van der Waals surface area contributed by atoms with Crippen LogP contribution in [0.2, 0.25) is 0 Å². The third-order valence-corrected chi connectivity index (χ3v) is 3.48. The van der Waals surface area contributed by atoms with Gasteiger partial charge in [-0.2, -0.15) is 0 Å². The normalized spacial score (nSPS) is 19.2. The minimum absolute atomic E-state index is 0.0102. The van der Waals surface area contributed by atoms with Crippen LogP contribution in [0.15, 0.2) is 23.2 Å². The number of allylic oxidation sites excluding steroid dienone is 1. The molecule has 5 heteroatoms. The Morgan fingerprint density at radius 3 is 3.12 bits per heavy atom. The topological polar surface area (TPSA) is 45.2 Å². The van der Waals surface area contributed by atoms with Crippen LogP contribution < -0.4 is 10.2 Å². The first kappa shape index (κ1) is 12.1. The molecule has 92 valence electrons. The molecule has 0 bridgehead atoms. The zero-order chi connectivity index (χ0) is 12.3. The van der Waals surface area contributed by atoms with Gasteiger partial charge in [-0.25, -0.2) is 4.98 Å². The Hall–Kier alpha value is -1.36. The van der Waals surface area contributed by atoms with E-state index < -0.39 is 0 Å². The second-order valence-corrected chi connectivity index (χ2v) is 5.35. The maximum atomic E-state index is 11.6. The second-order valence-electron chi connectivity index (χ2n) is 4.48. The summed E-state index contributed by atoms with van der Waals surface area (Å²) < 4.78 is 0. The zero-order valence-corrected chi connectivity index (χ0v) is 11.0. The van der Waals surface area contributed by atoms with Crippen LogP contribution in [0.1, 0.15) is 20.3 Å². The Balaban J connectivity index is 1.86. The molecular weight excluding hydrogens is 234 g/mol. The number of nitrogens with zero attached hydrogens (tertiary/aromatic N) is 2. The van der Waals surface area contributed by atoms with Crippen molar-refractivity contribution in [2.75, 3.05) is 18.0 Å². The summed E-state index contributed by atoms with van der Waals surface area (Å²) in [6.45, 7) is 5.68. The highest BCUT2D eigenvalue weighted by molar-refractivity contribution is 7.13. The minimum atomic E-state index is 0.0102. The molecule has 4 nitrogen and oxygen atoms in total. The Morgan fingerprint density at radius 2 is 2.47 bits per heavy atom. The van der Waals surface area contributed by atoms with Crippen molar-refractivity contribution in [2.24, 2.45) is 0 Å². The van der Waals surface area contributed by atoms with Gasteiger partial charge in [0, 0.05) is 36.8 Å². The lowest BCUT2D eigenvalue weighted by Crippen LogP contribution is -2.36. The van der Waals surface area contributed by atoms with Crippen molar-refractivity contribution in [3.8, 4) is 0 Å². The van der Waals surface area contributed by atoms with E-state index in [1.165, 1.54) is 0 Å². The van der Waals surface area contributed by atoms with Crippen molar-refractivity contribution < 1.29 is 4.79 Å². The minimum Gasteiger partial charge on any atom is -0.348 e. The lowest BCUT2D eigenvalue weighted by atomic mass is 10.2. The third kappa shape index (κ3) is 3.30. The van der Waals surface area contributed by atoms with Gasteiger partial charge in [0.05, 0.1) is 0 Å². The van der Waals surface area contributed by atoms with Gasteiger partial charge in [-0.3, -0.25) is 4.79 Å². The summed E-state index contributed by atoms with van der Waals surface area (Å²) in [5.41, 5.74) is 1.03. The molecular formula is C12H17N3OS. The van der Waals surface area contributed by atoms with Gasteiger partial charge in [-0.1, -0.05) is 5.57 Å². The number of anilines is 1. The van der Waals surface area contributed by atoms with E-state index in [2.05, 4.69) is 15.2 Å². The van der Waals surface area contributed by atoms with Crippen molar-refractivity contribution in [1.82, 2.24) is 10.3 Å². The molecule has 1 aromatic heterocycles. The SMILES string of the molecule is CC(C)=CC(=O)NC1CCN(c2nccs2)C1. The molecule has 0 radical (unpaired) electrons. The van der Waals surface area contributed by atoms with Crippen molar-refractivity contribution in [1.29, 1.82) is 0 Å². The van der Waals surface area contributed by atoms with Crippen LogP contribution >= 0.6 is 11.3 Å². The van der Waals surface area contributed by atoms with Gasteiger partial charge in [0.25, 0.3) is 0 Å². The van der Waals surface area contributed by atoms with E-state index in [-0.39, 0.29) is 11.9 Å². The van der Waals surface area contributed by atoms with Crippen LogP contribution in [0, 0.1) is 0 Å². The van der Waals surface area contributed by atoms with Gasteiger partial charge in [0.1, 0.15) is 0 Å². The van der Waals surface area contributed by atoms with E-state index in [4.69, 9.17) is 0 Å². The van der Waals surface area contributed by atoms with Crippen molar-refractivity contribution >= 4 is 22.4 Å². The van der Waals surface area contributed by atoms with Crippen LogP contribution in [0.3, 0.4) is 0 Å². The zero-order valence-electron chi connectivity index (χ0n) is 10.1. The summed E-state index contributed by atoms with van der Waals surface area (Å²) in [5, 5.41) is 6.04. The van der Waals surface area contributed by atoms with Gasteiger partial charge in [-0.15, -0.1) is 11.3 Å². The molecule has 1 aliphatic heterocycles. The molecule has 1 atom stereocenters. The molecule has 2 rings (SSSR count). The Bertz CT molecular complexity index is 409. The molecule has 1 aliphatic rings. The Kier molecular flexibility index (Phi) is 3.78. The molecule has 17 heavy (non-hydrogen) atoms. The van der Waals surface area contributed by atoms with Crippen LogP contribution in [-0.2, 0) is 4.79 Å². The molecule has 1 saturated heterocycles. The molecule has 1 unspecified atom stereocenters. The number of amides is 1. The number of carbonyl (C=O) groups is 1. The first-order valence-electron chi connectivity index (χ1n) is 5.75. The Labute approximate surface area is 105 Å². The number of rotatable bonds is 3. The fraction of sp³-hybridized carbons (Fsp3) is 0.500. The number of hydrogen-bond donors (Lipinski definition) is 1. The van der Waals surface area contributed by atoms with Gasteiger partial charge in [0.2, 0.25) is 5.91 Å². The summed E-state index contributed by atoms with van der Waals surface area (Å²) >= 11 is 1.64. The molecule has 0 saturated carbocycles. The number of thiazole rings is 1. The average Bonchev–Trinajstić information content (AvgIpc) is 2.84. The fourth-order valence-corrected chi connectivity index (χ4v) is 2.61. The third-order valence-electron chi connectivity index (χ3n) is 2.64. The van der Waals surface area contributed by atoms with Crippen LogP contribution in [0.5, 0.6) is 0 Å². The monoisotopic (exact) mass is 251 g/mol. The molecule has 1 N–H and O–H groups in total. The van der Waals surface area contributed by atoms with E-state index in [9.17, 15) is 4.79 Å². The lowest BCUT2D eigenvalue weighted by Gasteiger charge is -2.15. The quantitative estimate of drug-likeness (QED) is 0.833. The van der Waals surface area contributed by atoms with E-state index in [0.717, 1.165) is 30.2 Å². The Morgan fingerprint density at radius 1 is 1.65 bits per heavy atom. The van der Waals surface area contributed by atoms with Crippen LogP contribution in [0.4, 0.5) is 5.13 Å². The maximum absolute atomic E-state index is 11.6. The summed E-state index contributed by atoms with van der Waals surface area (Å²) in [6.07, 6.45) is 4.45. The van der Waals surface area contributed by atoms with E-state index >= 15 is 0 Å². The largest absolute Gasteiger partial charge is 0.348 e. The first-order valence-corrected chi connectivity index (χ1v) is 6.63. The van der Waals surface area contributed by atoms with Crippen LogP contribution in [0.25, 0.3) is 0 Å². The molecule has 0 aromatic carbocycles. The predicted octanol–water partition coefficient (Wildman–Crippen LogP) is 1.80. The molecule has 0 spiro atoms. The highest BCUT2D eigenvalue weighted by Gasteiger charge is 2.24. The van der Waals surface area contributed by atoms with Gasteiger partial charge >= 0.3 is 0 Å². The average molecular weight is 251 g/mol. The van der Waals surface area contributed by atoms with Gasteiger partial charge < -0.3 is 10.2 Å². The van der Waals surface area contributed by atoms with Gasteiger partial charge in [0.15, 0.2) is 5.13 Å². The summed E-state index contributed by atoms with van der Waals surface area (Å²) in [5.74, 6) is 0.0102. The number of nitrogens with one attached hydrogen (secondary N) is 1. The predicted molar refractivity (Wildman–Crippen MR) is 70.3 cm³/mol. The lowest BCUT2D eigenvalue weighted by molar-refractivity contribution is -0.117.